The van der Waals surface area contributed by atoms with Crippen LogP contribution in [0, 0.1) is 12.7 Å². The fraction of sp³-hybridized carbons (Fsp3) is 0.222. The number of amides is 1. The van der Waals surface area contributed by atoms with E-state index in [1.807, 2.05) is 0 Å². The van der Waals surface area contributed by atoms with Gasteiger partial charge < -0.3 is 11.1 Å². The van der Waals surface area contributed by atoms with E-state index in [1.165, 1.54) is 6.07 Å². The molecule has 70 valence electrons. The largest absolute Gasteiger partial charge is 0.374 e. The maximum absolute atomic E-state index is 13.1. The number of primary amides is 1. The average molecular weight is 182 g/mol. The minimum atomic E-state index is -0.514. The maximum Gasteiger partial charge on any atom is 0.236 e. The van der Waals surface area contributed by atoms with Gasteiger partial charge in [-0.2, -0.15) is 0 Å². The topological polar surface area (TPSA) is 55.1 Å². The van der Waals surface area contributed by atoms with Gasteiger partial charge in [0.1, 0.15) is 5.82 Å². The van der Waals surface area contributed by atoms with Crippen molar-refractivity contribution in [1.29, 1.82) is 0 Å². The van der Waals surface area contributed by atoms with Crippen molar-refractivity contribution in [3.8, 4) is 0 Å². The highest BCUT2D eigenvalue weighted by molar-refractivity contribution is 5.78. The summed E-state index contributed by atoms with van der Waals surface area (Å²) in [6.45, 7) is 1.74. The molecule has 0 saturated carbocycles. The Bertz CT molecular complexity index is 325. The van der Waals surface area contributed by atoms with Crippen LogP contribution in [0.15, 0.2) is 18.2 Å². The van der Waals surface area contributed by atoms with Crippen molar-refractivity contribution in [3.63, 3.8) is 0 Å². The Balaban J connectivity index is 2.72. The van der Waals surface area contributed by atoms with Gasteiger partial charge in [0.2, 0.25) is 5.91 Å². The molecule has 0 aromatic heterocycles. The molecule has 4 heteroatoms. The Kier molecular flexibility index (Phi) is 2.84. The van der Waals surface area contributed by atoms with Crippen LogP contribution in [-0.4, -0.2) is 12.5 Å². The smallest absolute Gasteiger partial charge is 0.236 e. The highest BCUT2D eigenvalue weighted by atomic mass is 19.1. The van der Waals surface area contributed by atoms with Gasteiger partial charge in [0.25, 0.3) is 0 Å². The van der Waals surface area contributed by atoms with Crippen LogP contribution in [0.1, 0.15) is 5.56 Å². The summed E-state index contributed by atoms with van der Waals surface area (Å²) in [4.78, 5) is 10.4. The second-order valence-corrected chi connectivity index (χ2v) is 2.80. The molecular formula is C9H11FN2O. The molecule has 0 fully saturated rings. The third-order valence-corrected chi connectivity index (χ3v) is 1.58. The van der Waals surface area contributed by atoms with Gasteiger partial charge in [-0.15, -0.1) is 0 Å². The molecule has 0 aliphatic heterocycles. The van der Waals surface area contributed by atoms with Crippen molar-refractivity contribution in [1.82, 2.24) is 0 Å². The lowest BCUT2D eigenvalue weighted by atomic mass is 10.2. The molecule has 3 nitrogen and oxygen atoms in total. The number of nitrogens with one attached hydrogen (secondary N) is 1. The Morgan fingerprint density at radius 1 is 1.62 bits per heavy atom. The first-order chi connectivity index (χ1) is 6.09. The molecule has 1 amide bonds. The van der Waals surface area contributed by atoms with E-state index in [0.29, 0.717) is 5.69 Å². The second kappa shape index (κ2) is 3.89. The molecule has 1 aromatic rings. The van der Waals surface area contributed by atoms with Gasteiger partial charge in [-0.25, -0.2) is 4.39 Å². The maximum atomic E-state index is 13.1. The number of aryl methyl sites for hydroxylation is 1. The lowest BCUT2D eigenvalue weighted by Crippen LogP contribution is -2.22. The zero-order valence-corrected chi connectivity index (χ0v) is 7.30. The summed E-state index contributed by atoms with van der Waals surface area (Å²) in [5, 5.41) is 2.59. The summed E-state index contributed by atoms with van der Waals surface area (Å²) in [6, 6.07) is 4.73. The van der Waals surface area contributed by atoms with E-state index in [9.17, 15) is 9.18 Å². The minimum Gasteiger partial charge on any atom is -0.374 e. The number of carbonyl (C=O) groups is 1. The SMILES string of the molecule is Cc1ccc(NCC(N)=O)c(F)c1. The van der Waals surface area contributed by atoms with Crippen LogP contribution in [0.4, 0.5) is 10.1 Å². The minimum absolute atomic E-state index is 0.0556. The lowest BCUT2D eigenvalue weighted by Gasteiger charge is -2.05. The summed E-state index contributed by atoms with van der Waals surface area (Å²) in [6.07, 6.45) is 0. The third-order valence-electron chi connectivity index (χ3n) is 1.58. The summed E-state index contributed by atoms with van der Waals surface area (Å²) in [5.41, 5.74) is 6.03. The van der Waals surface area contributed by atoms with Crippen LogP contribution in [0.2, 0.25) is 0 Å². The number of anilines is 1. The van der Waals surface area contributed by atoms with E-state index in [1.54, 1.807) is 19.1 Å². The highest BCUT2D eigenvalue weighted by Gasteiger charge is 2.01. The molecule has 0 heterocycles. The van der Waals surface area contributed by atoms with Crippen molar-refractivity contribution >= 4 is 11.6 Å². The molecule has 0 unspecified atom stereocenters. The van der Waals surface area contributed by atoms with Crippen molar-refractivity contribution < 1.29 is 9.18 Å². The molecular weight excluding hydrogens is 171 g/mol. The van der Waals surface area contributed by atoms with Crippen molar-refractivity contribution in [2.75, 3.05) is 11.9 Å². The van der Waals surface area contributed by atoms with Crippen molar-refractivity contribution in [2.24, 2.45) is 5.73 Å². The van der Waals surface area contributed by atoms with Crippen molar-refractivity contribution in [2.45, 2.75) is 6.92 Å². The van der Waals surface area contributed by atoms with E-state index in [0.717, 1.165) is 5.56 Å². The standard InChI is InChI=1S/C9H11FN2O/c1-6-2-3-8(7(10)4-6)12-5-9(11)13/h2-4,12H,5H2,1H3,(H2,11,13). The molecule has 0 atom stereocenters. The summed E-state index contributed by atoms with van der Waals surface area (Å²) in [7, 11) is 0. The molecule has 0 saturated heterocycles. The van der Waals surface area contributed by atoms with Crippen molar-refractivity contribution in [3.05, 3.63) is 29.6 Å². The molecule has 0 aliphatic carbocycles. The monoisotopic (exact) mass is 182 g/mol. The van der Waals surface area contributed by atoms with Gasteiger partial charge in [-0.05, 0) is 24.6 Å². The fourth-order valence-corrected chi connectivity index (χ4v) is 0.946. The number of hydrogen-bond donors (Lipinski definition) is 2. The average Bonchev–Trinajstić information content (AvgIpc) is 2.02. The number of benzene rings is 1. The Hall–Kier alpha value is -1.58. The van der Waals surface area contributed by atoms with E-state index >= 15 is 0 Å². The van der Waals surface area contributed by atoms with Crippen LogP contribution >= 0.6 is 0 Å². The molecule has 0 radical (unpaired) electrons. The van der Waals surface area contributed by atoms with Crippen LogP contribution < -0.4 is 11.1 Å². The molecule has 3 N–H and O–H groups in total. The van der Waals surface area contributed by atoms with Crippen LogP contribution in [0.5, 0.6) is 0 Å². The van der Waals surface area contributed by atoms with E-state index in [4.69, 9.17) is 5.73 Å². The lowest BCUT2D eigenvalue weighted by molar-refractivity contribution is -0.116. The third kappa shape index (κ3) is 2.74. The first-order valence-electron chi connectivity index (χ1n) is 3.88. The van der Waals surface area contributed by atoms with Gasteiger partial charge >= 0.3 is 0 Å². The quantitative estimate of drug-likeness (QED) is 0.733. The van der Waals surface area contributed by atoms with Crippen LogP contribution in [0.25, 0.3) is 0 Å². The second-order valence-electron chi connectivity index (χ2n) is 2.80. The number of carbonyl (C=O) groups excluding carboxylic acids is 1. The van der Waals surface area contributed by atoms with E-state index in [-0.39, 0.29) is 12.4 Å². The van der Waals surface area contributed by atoms with E-state index < -0.39 is 5.91 Å². The zero-order valence-electron chi connectivity index (χ0n) is 7.30. The fourth-order valence-electron chi connectivity index (χ4n) is 0.946. The van der Waals surface area contributed by atoms with Gasteiger partial charge in [0.15, 0.2) is 0 Å². The Morgan fingerprint density at radius 3 is 2.85 bits per heavy atom. The van der Waals surface area contributed by atoms with Gasteiger partial charge in [-0.1, -0.05) is 6.07 Å². The van der Waals surface area contributed by atoms with Gasteiger partial charge in [0, 0.05) is 0 Å². The molecule has 13 heavy (non-hydrogen) atoms. The first kappa shape index (κ1) is 9.51. The first-order valence-corrected chi connectivity index (χ1v) is 3.88. The summed E-state index contributed by atoms with van der Waals surface area (Å²) >= 11 is 0. The van der Waals surface area contributed by atoms with E-state index in [2.05, 4.69) is 5.32 Å². The number of nitrogens with two attached hydrogens (primary N) is 1. The zero-order chi connectivity index (χ0) is 9.84. The number of rotatable bonds is 3. The molecule has 1 rings (SSSR count). The van der Waals surface area contributed by atoms with Crippen LogP contribution in [-0.2, 0) is 4.79 Å². The molecule has 0 bridgehead atoms. The predicted octanol–water partition coefficient (Wildman–Crippen LogP) is 1.03. The molecule has 1 aromatic carbocycles. The van der Waals surface area contributed by atoms with Crippen LogP contribution in [0.3, 0.4) is 0 Å². The Labute approximate surface area is 75.7 Å². The normalized spacial score (nSPS) is 9.69. The highest BCUT2D eigenvalue weighted by Crippen LogP contribution is 2.14. The number of halogens is 1. The number of hydrogen-bond acceptors (Lipinski definition) is 2. The molecule has 0 aliphatic rings. The summed E-state index contributed by atoms with van der Waals surface area (Å²) in [5.74, 6) is -0.888. The van der Waals surface area contributed by atoms with Gasteiger partial charge in [0.05, 0.1) is 12.2 Å². The Morgan fingerprint density at radius 2 is 2.31 bits per heavy atom. The van der Waals surface area contributed by atoms with Gasteiger partial charge in [-0.3, -0.25) is 4.79 Å². The predicted molar refractivity (Wildman–Crippen MR) is 48.8 cm³/mol. The summed E-state index contributed by atoms with van der Waals surface area (Å²) < 4.78 is 13.1. The molecule has 0 spiro atoms.